The lowest BCUT2D eigenvalue weighted by molar-refractivity contribution is -0.122. The fraction of sp³-hybridized carbons (Fsp3) is 0.600. The van der Waals surface area contributed by atoms with Crippen molar-refractivity contribution in [2.75, 3.05) is 30.5 Å². The third-order valence-electron chi connectivity index (χ3n) is 1.86. The Hall–Kier alpha value is -2.20. The second kappa shape index (κ2) is 8.07. The van der Waals surface area contributed by atoms with Crippen LogP contribution in [-0.4, -0.2) is 46.7 Å². The maximum Gasteiger partial charge on any atom is 0.323 e. The lowest BCUT2D eigenvalue weighted by Gasteiger charge is -2.11. The van der Waals surface area contributed by atoms with Crippen molar-refractivity contribution in [3.05, 3.63) is 0 Å². The molecule has 1 rings (SSSR count). The maximum absolute atomic E-state index is 10.5. The van der Waals surface area contributed by atoms with Crippen LogP contribution in [0.5, 0.6) is 6.01 Å². The van der Waals surface area contributed by atoms with Gasteiger partial charge in [0.05, 0.1) is 12.7 Å². The van der Waals surface area contributed by atoms with E-state index in [1.807, 2.05) is 13.8 Å². The minimum Gasteiger partial charge on any atom is -0.461 e. The van der Waals surface area contributed by atoms with Crippen molar-refractivity contribution in [2.45, 2.75) is 20.0 Å². The summed E-state index contributed by atoms with van der Waals surface area (Å²) in [6, 6.07) is 0.156. The number of hydrogen-bond acceptors (Lipinski definition) is 9. The average Bonchev–Trinajstić information content (AvgIpc) is 2.36. The highest BCUT2D eigenvalue weighted by Gasteiger charge is 2.08. The Morgan fingerprint density at radius 3 is 2.60 bits per heavy atom. The van der Waals surface area contributed by atoms with Gasteiger partial charge in [0.1, 0.15) is 6.61 Å². The van der Waals surface area contributed by atoms with Gasteiger partial charge in [0.15, 0.2) is 0 Å². The average molecular weight is 285 g/mol. The molecular formula is C10H19N7O3. The van der Waals surface area contributed by atoms with Gasteiger partial charge >= 0.3 is 6.01 Å². The second-order valence-corrected chi connectivity index (χ2v) is 4.02. The molecule has 0 saturated heterocycles. The predicted molar refractivity (Wildman–Crippen MR) is 71.9 cm³/mol. The highest BCUT2D eigenvalue weighted by molar-refractivity contribution is 5.74. The number of carbonyl (C=O) groups excluding carboxylic acids is 1. The number of hydrazine groups is 1. The number of aromatic nitrogens is 3. The molecule has 6 N–H and O–H groups in total. The monoisotopic (exact) mass is 285 g/mol. The minimum absolute atomic E-state index is 0.0743. The molecule has 1 amide bonds. The number of rotatable bonds is 9. The van der Waals surface area contributed by atoms with Gasteiger partial charge in [-0.15, -0.1) is 0 Å². The van der Waals surface area contributed by atoms with Crippen LogP contribution in [0.1, 0.15) is 13.8 Å². The van der Waals surface area contributed by atoms with Gasteiger partial charge in [0, 0.05) is 6.54 Å². The normalized spacial score (nSPS) is 10.4. The van der Waals surface area contributed by atoms with E-state index in [1.165, 1.54) is 0 Å². The number of nitrogens with two attached hydrogens (primary N) is 2. The summed E-state index contributed by atoms with van der Waals surface area (Å²) >= 11 is 0. The third kappa shape index (κ3) is 6.11. The first-order valence-electron chi connectivity index (χ1n) is 6.00. The summed E-state index contributed by atoms with van der Waals surface area (Å²) in [6.45, 7) is 4.24. The van der Waals surface area contributed by atoms with Gasteiger partial charge in [-0.25, -0.2) is 5.84 Å². The molecule has 0 aliphatic carbocycles. The number of primary amides is 1. The van der Waals surface area contributed by atoms with Crippen LogP contribution in [0.4, 0.5) is 11.9 Å². The minimum atomic E-state index is -0.521. The molecule has 1 aromatic heterocycles. The first-order chi connectivity index (χ1) is 9.51. The van der Waals surface area contributed by atoms with Gasteiger partial charge in [-0.1, -0.05) is 0 Å². The largest absolute Gasteiger partial charge is 0.461 e. The van der Waals surface area contributed by atoms with Gasteiger partial charge in [-0.2, -0.15) is 15.0 Å². The lowest BCUT2D eigenvalue weighted by Crippen LogP contribution is -2.21. The molecule has 0 radical (unpaired) electrons. The van der Waals surface area contributed by atoms with Crippen LogP contribution in [0.3, 0.4) is 0 Å². The molecule has 112 valence electrons. The molecular weight excluding hydrogens is 266 g/mol. The van der Waals surface area contributed by atoms with Crippen LogP contribution in [-0.2, 0) is 9.53 Å². The highest BCUT2D eigenvalue weighted by atomic mass is 16.5. The number of hydrogen-bond donors (Lipinski definition) is 4. The molecule has 0 spiro atoms. The Morgan fingerprint density at radius 2 is 2.00 bits per heavy atom. The summed E-state index contributed by atoms with van der Waals surface area (Å²) < 4.78 is 10.4. The molecule has 1 heterocycles. The van der Waals surface area contributed by atoms with Gasteiger partial charge in [0.25, 0.3) is 0 Å². The molecule has 0 bridgehead atoms. The van der Waals surface area contributed by atoms with E-state index >= 15 is 0 Å². The van der Waals surface area contributed by atoms with E-state index in [-0.39, 0.29) is 37.2 Å². The Kier molecular flexibility index (Phi) is 6.40. The SMILES string of the molecule is CC(C)Oc1nc(NN)nc(NCCOCC(N)=O)n1. The molecule has 0 atom stereocenters. The second-order valence-electron chi connectivity index (χ2n) is 4.02. The number of ether oxygens (including phenoxy) is 2. The van der Waals surface area contributed by atoms with E-state index in [9.17, 15) is 4.79 Å². The highest BCUT2D eigenvalue weighted by Crippen LogP contribution is 2.11. The molecule has 0 unspecified atom stereocenters. The lowest BCUT2D eigenvalue weighted by atomic mass is 10.5. The zero-order chi connectivity index (χ0) is 15.0. The Bertz CT molecular complexity index is 441. The summed E-state index contributed by atoms with van der Waals surface area (Å²) in [5.41, 5.74) is 7.26. The van der Waals surface area contributed by atoms with E-state index < -0.39 is 5.91 Å². The summed E-state index contributed by atoms with van der Waals surface area (Å²) in [6.07, 6.45) is -0.0743. The van der Waals surface area contributed by atoms with Crippen molar-refractivity contribution in [3.63, 3.8) is 0 Å². The van der Waals surface area contributed by atoms with E-state index in [1.54, 1.807) is 0 Å². The molecule has 10 nitrogen and oxygen atoms in total. The van der Waals surface area contributed by atoms with Gasteiger partial charge in [-0.05, 0) is 13.8 Å². The summed E-state index contributed by atoms with van der Waals surface area (Å²) in [5.74, 6) is 5.21. The summed E-state index contributed by atoms with van der Waals surface area (Å²) in [4.78, 5) is 22.5. The first-order valence-corrected chi connectivity index (χ1v) is 6.00. The Morgan fingerprint density at radius 1 is 1.30 bits per heavy atom. The molecule has 10 heteroatoms. The fourth-order valence-corrected chi connectivity index (χ4v) is 1.17. The van der Waals surface area contributed by atoms with Crippen molar-refractivity contribution >= 4 is 17.8 Å². The smallest absolute Gasteiger partial charge is 0.323 e. The van der Waals surface area contributed by atoms with Crippen LogP contribution >= 0.6 is 0 Å². The standard InChI is InChI=1S/C10H19N7O3/c1-6(2)20-10-15-8(14-9(16-10)17-12)13-3-4-19-5-7(11)18/h6H,3-5,12H2,1-2H3,(H2,11,18)(H2,13,14,15,16,17). The van der Waals surface area contributed by atoms with Crippen LogP contribution in [0.2, 0.25) is 0 Å². The molecule has 0 saturated carbocycles. The first kappa shape index (κ1) is 15.9. The van der Waals surface area contributed by atoms with E-state index in [2.05, 4.69) is 25.7 Å². The zero-order valence-corrected chi connectivity index (χ0v) is 11.4. The van der Waals surface area contributed by atoms with Crippen LogP contribution in [0, 0.1) is 0 Å². The summed E-state index contributed by atoms with van der Waals surface area (Å²) in [5, 5.41) is 2.89. The van der Waals surface area contributed by atoms with Gasteiger partial charge in [0.2, 0.25) is 17.8 Å². The predicted octanol–water partition coefficient (Wildman–Crippen LogP) is -1.14. The van der Waals surface area contributed by atoms with E-state index in [4.69, 9.17) is 21.1 Å². The zero-order valence-electron chi connectivity index (χ0n) is 11.4. The van der Waals surface area contributed by atoms with E-state index in [0.717, 1.165) is 0 Å². The van der Waals surface area contributed by atoms with Crippen molar-refractivity contribution in [1.82, 2.24) is 15.0 Å². The molecule has 20 heavy (non-hydrogen) atoms. The molecule has 0 fully saturated rings. The van der Waals surface area contributed by atoms with Crippen LogP contribution in [0.25, 0.3) is 0 Å². The molecule has 0 aromatic carbocycles. The van der Waals surface area contributed by atoms with E-state index in [0.29, 0.717) is 6.54 Å². The van der Waals surface area contributed by atoms with Crippen molar-refractivity contribution < 1.29 is 14.3 Å². The molecule has 0 aliphatic rings. The number of amides is 1. The fourth-order valence-electron chi connectivity index (χ4n) is 1.17. The maximum atomic E-state index is 10.5. The quantitative estimate of drug-likeness (QED) is 0.250. The molecule has 0 aliphatic heterocycles. The van der Waals surface area contributed by atoms with Gasteiger partial charge < -0.3 is 20.5 Å². The topological polar surface area (TPSA) is 150 Å². The van der Waals surface area contributed by atoms with Crippen molar-refractivity contribution in [3.8, 4) is 6.01 Å². The summed E-state index contributed by atoms with van der Waals surface area (Å²) in [7, 11) is 0. The number of nitrogen functional groups attached to an aromatic ring is 1. The Labute approximate surface area is 116 Å². The number of anilines is 2. The Balaban J connectivity index is 2.53. The van der Waals surface area contributed by atoms with Gasteiger partial charge in [-0.3, -0.25) is 10.2 Å². The third-order valence-corrected chi connectivity index (χ3v) is 1.86. The van der Waals surface area contributed by atoms with Crippen LogP contribution < -0.4 is 27.1 Å². The molecule has 1 aromatic rings. The number of nitrogens with one attached hydrogen (secondary N) is 2. The van der Waals surface area contributed by atoms with Crippen molar-refractivity contribution in [1.29, 1.82) is 0 Å². The number of carbonyl (C=O) groups is 1. The number of nitrogens with zero attached hydrogens (tertiary/aromatic N) is 3. The van der Waals surface area contributed by atoms with Crippen molar-refractivity contribution in [2.24, 2.45) is 11.6 Å². The van der Waals surface area contributed by atoms with Crippen LogP contribution in [0.15, 0.2) is 0 Å².